The lowest BCUT2D eigenvalue weighted by Crippen LogP contribution is -2.46. The Hall–Kier alpha value is -2.62. The number of carboxylic acids is 1. The van der Waals surface area contributed by atoms with Crippen LogP contribution in [0.25, 0.3) is 0 Å². The number of hydrogen-bond acceptors (Lipinski definition) is 7. The van der Waals surface area contributed by atoms with Crippen molar-refractivity contribution in [3.8, 4) is 11.5 Å². The van der Waals surface area contributed by atoms with E-state index in [1.807, 2.05) is 17.0 Å². The average molecular weight is 588 g/mol. The molecule has 1 amide bonds. The molecule has 1 aromatic rings. The van der Waals surface area contributed by atoms with Crippen molar-refractivity contribution >= 4 is 11.9 Å². The third kappa shape index (κ3) is 8.94. The predicted molar refractivity (Wildman–Crippen MR) is 165 cm³/mol. The lowest BCUT2D eigenvalue weighted by molar-refractivity contribution is -0.144. The second-order valence-electron chi connectivity index (χ2n) is 13.2. The first-order valence-corrected chi connectivity index (χ1v) is 15.5. The number of allylic oxidation sites excluding steroid dienone is 2. The highest BCUT2D eigenvalue weighted by atomic mass is 16.7. The largest absolute Gasteiger partial charge is 0.481 e. The highest BCUT2D eigenvalue weighted by Gasteiger charge is 2.49. The number of benzene rings is 1. The van der Waals surface area contributed by atoms with E-state index in [9.17, 15) is 19.8 Å². The van der Waals surface area contributed by atoms with Crippen LogP contribution in [0.5, 0.6) is 11.5 Å². The maximum Gasteiger partial charge on any atom is 0.308 e. The van der Waals surface area contributed by atoms with Crippen LogP contribution in [0.3, 0.4) is 0 Å². The van der Waals surface area contributed by atoms with E-state index in [2.05, 4.69) is 64.6 Å². The van der Waals surface area contributed by atoms with E-state index in [0.29, 0.717) is 43.1 Å². The van der Waals surface area contributed by atoms with Crippen LogP contribution in [-0.2, 0) is 16.2 Å². The van der Waals surface area contributed by atoms with Crippen LogP contribution in [0, 0.1) is 11.3 Å². The molecule has 236 valence electrons. The van der Waals surface area contributed by atoms with Crippen molar-refractivity contribution in [2.75, 3.05) is 53.6 Å². The molecule has 0 unspecified atom stereocenters. The van der Waals surface area contributed by atoms with Gasteiger partial charge in [-0.25, -0.2) is 0 Å². The molecule has 3 rings (SSSR count). The van der Waals surface area contributed by atoms with E-state index in [-0.39, 0.29) is 43.2 Å². The second-order valence-corrected chi connectivity index (χ2v) is 13.2. The van der Waals surface area contributed by atoms with Crippen molar-refractivity contribution in [1.82, 2.24) is 14.7 Å². The van der Waals surface area contributed by atoms with Gasteiger partial charge in [-0.3, -0.25) is 14.5 Å². The molecule has 2 N–H and O–H groups in total. The molecule has 0 spiro atoms. The summed E-state index contributed by atoms with van der Waals surface area (Å²) in [7, 11) is 4.12. The van der Waals surface area contributed by atoms with E-state index in [4.69, 9.17) is 9.47 Å². The molecule has 0 saturated carbocycles. The summed E-state index contributed by atoms with van der Waals surface area (Å²) in [6.07, 6.45) is 6.71. The zero-order valence-electron chi connectivity index (χ0n) is 26.8. The van der Waals surface area contributed by atoms with Gasteiger partial charge in [0.1, 0.15) is 0 Å². The molecular weight excluding hydrogens is 534 g/mol. The summed E-state index contributed by atoms with van der Waals surface area (Å²) in [4.78, 5) is 33.1. The summed E-state index contributed by atoms with van der Waals surface area (Å²) in [6, 6.07) is 3.35. The zero-order chi connectivity index (χ0) is 31.0. The Kier molecular flexibility index (Phi) is 12.3. The maximum absolute atomic E-state index is 13.8. The number of likely N-dealkylation sites (tertiary alicyclic amines) is 1. The first-order valence-electron chi connectivity index (χ1n) is 15.5. The summed E-state index contributed by atoms with van der Waals surface area (Å²) in [5.41, 5.74) is 2.30. The van der Waals surface area contributed by atoms with Gasteiger partial charge in [-0.1, -0.05) is 38.8 Å². The third-order valence-electron chi connectivity index (χ3n) is 8.37. The first kappa shape index (κ1) is 33.9. The topological polar surface area (TPSA) is 103 Å². The molecule has 2 aliphatic heterocycles. The van der Waals surface area contributed by atoms with Crippen molar-refractivity contribution in [3.63, 3.8) is 0 Å². The molecule has 1 saturated heterocycles. The lowest BCUT2D eigenvalue weighted by Gasteiger charge is -2.34. The number of amides is 1. The van der Waals surface area contributed by atoms with Crippen LogP contribution in [0.1, 0.15) is 83.8 Å². The van der Waals surface area contributed by atoms with Crippen molar-refractivity contribution in [2.24, 2.45) is 11.3 Å². The Balaban J connectivity index is 1.94. The van der Waals surface area contributed by atoms with Gasteiger partial charge in [-0.05, 0) is 83.3 Å². The van der Waals surface area contributed by atoms with Gasteiger partial charge in [0.15, 0.2) is 11.5 Å². The van der Waals surface area contributed by atoms with E-state index >= 15 is 0 Å². The van der Waals surface area contributed by atoms with Gasteiger partial charge in [-0.15, -0.1) is 0 Å². The quantitative estimate of drug-likeness (QED) is 0.211. The molecule has 9 nitrogen and oxygen atoms in total. The van der Waals surface area contributed by atoms with Crippen LogP contribution in [0.4, 0.5) is 0 Å². The molecule has 0 aliphatic carbocycles. The van der Waals surface area contributed by atoms with Gasteiger partial charge in [0.05, 0.1) is 19.1 Å². The monoisotopic (exact) mass is 587 g/mol. The third-order valence-corrected chi connectivity index (χ3v) is 8.37. The number of aliphatic carboxylic acids is 1. The van der Waals surface area contributed by atoms with Gasteiger partial charge in [-0.2, -0.15) is 0 Å². The molecule has 1 fully saturated rings. The fraction of sp³-hybridized carbons (Fsp3) is 0.697. The standard InChI is InChI=1S/C33H53N3O6/c1-8-9-13-35(14-11-10-12-34(6)7)29(38)20-36-19-26(24-15-25(21-37)31-28(16-24)41-22-42-31)30(32(39)40)27(36)18-33(4,5)17-23(2)3/h15-17,26-27,30,37H,8-14,18-22H2,1-7H3,(H,39,40)/t26-,27+,30-/m1/s1. The maximum atomic E-state index is 13.8. The number of fused-ring (bicyclic) bond motifs is 1. The van der Waals surface area contributed by atoms with Gasteiger partial charge < -0.3 is 29.5 Å². The van der Waals surface area contributed by atoms with Crippen LogP contribution < -0.4 is 9.47 Å². The highest BCUT2D eigenvalue weighted by Crippen LogP contribution is 2.46. The Labute approximate surface area is 252 Å². The van der Waals surface area contributed by atoms with Crippen molar-refractivity contribution in [3.05, 3.63) is 34.9 Å². The van der Waals surface area contributed by atoms with Gasteiger partial charge >= 0.3 is 5.97 Å². The Morgan fingerprint density at radius 3 is 2.40 bits per heavy atom. The summed E-state index contributed by atoms with van der Waals surface area (Å²) in [5, 5.41) is 20.7. The molecule has 0 radical (unpaired) electrons. The Morgan fingerprint density at radius 1 is 1.10 bits per heavy atom. The number of ether oxygens (including phenoxy) is 2. The lowest BCUT2D eigenvalue weighted by atomic mass is 9.77. The molecule has 1 aromatic carbocycles. The van der Waals surface area contributed by atoms with Crippen LogP contribution in [0.2, 0.25) is 0 Å². The molecule has 9 heteroatoms. The summed E-state index contributed by atoms with van der Waals surface area (Å²) < 4.78 is 11.2. The number of nitrogens with zero attached hydrogens (tertiary/aromatic N) is 3. The SMILES string of the molecule is CCCCN(CCCCN(C)C)C(=O)CN1C[C@H](c2cc(CO)c3c(c2)OCO3)[C@@H](C(=O)O)[C@@H]1CC(C)(C)C=C(C)C. The number of carbonyl (C=O) groups is 2. The highest BCUT2D eigenvalue weighted by molar-refractivity contribution is 5.79. The minimum atomic E-state index is -0.873. The molecule has 42 heavy (non-hydrogen) atoms. The van der Waals surface area contributed by atoms with E-state index in [0.717, 1.165) is 37.8 Å². The van der Waals surface area contributed by atoms with Crippen LogP contribution >= 0.6 is 0 Å². The van der Waals surface area contributed by atoms with Gasteiger partial charge in [0, 0.05) is 37.2 Å². The minimum Gasteiger partial charge on any atom is -0.481 e. The van der Waals surface area contributed by atoms with E-state index < -0.39 is 11.9 Å². The van der Waals surface area contributed by atoms with Crippen molar-refractivity contribution in [1.29, 1.82) is 0 Å². The summed E-state index contributed by atoms with van der Waals surface area (Å²) in [6.45, 7) is 13.4. The number of rotatable bonds is 16. The Bertz CT molecular complexity index is 1100. The molecule has 3 atom stereocenters. The summed E-state index contributed by atoms with van der Waals surface area (Å²) in [5.74, 6) is -0.863. The smallest absolute Gasteiger partial charge is 0.308 e. The number of hydrogen-bond donors (Lipinski definition) is 2. The van der Waals surface area contributed by atoms with E-state index in [1.54, 1.807) is 0 Å². The molecule has 0 aromatic heterocycles. The van der Waals surface area contributed by atoms with Crippen LogP contribution in [-0.4, -0.2) is 96.4 Å². The molecule has 2 heterocycles. The predicted octanol–water partition coefficient (Wildman–Crippen LogP) is 4.73. The fourth-order valence-corrected chi connectivity index (χ4v) is 6.62. The van der Waals surface area contributed by atoms with Gasteiger partial charge in [0.2, 0.25) is 12.7 Å². The van der Waals surface area contributed by atoms with Gasteiger partial charge in [0.25, 0.3) is 0 Å². The Morgan fingerprint density at radius 2 is 1.79 bits per heavy atom. The first-order chi connectivity index (χ1) is 19.9. The average Bonchev–Trinajstić information content (AvgIpc) is 3.51. The minimum absolute atomic E-state index is 0.0600. The number of carbonyl (C=O) groups excluding carboxylic acids is 1. The van der Waals surface area contributed by atoms with Crippen molar-refractivity contribution < 1.29 is 29.3 Å². The molecular formula is C33H53N3O6. The molecule has 0 bridgehead atoms. The number of aliphatic hydroxyl groups is 1. The number of carboxylic acid groups (broad SMARTS) is 1. The molecule has 2 aliphatic rings. The second kappa shape index (κ2) is 15.2. The summed E-state index contributed by atoms with van der Waals surface area (Å²) >= 11 is 0. The van der Waals surface area contributed by atoms with Crippen molar-refractivity contribution in [2.45, 2.75) is 85.3 Å². The van der Waals surface area contributed by atoms with E-state index in [1.165, 1.54) is 5.57 Å². The normalized spacial score (nSPS) is 20.3. The zero-order valence-corrected chi connectivity index (χ0v) is 26.8. The number of unbranched alkanes of at least 4 members (excludes halogenated alkanes) is 2. The number of aliphatic hydroxyl groups excluding tert-OH is 1. The fourth-order valence-electron chi connectivity index (χ4n) is 6.62. The van der Waals surface area contributed by atoms with Crippen LogP contribution in [0.15, 0.2) is 23.8 Å².